The molecule has 0 unspecified atom stereocenters. The van der Waals surface area contributed by atoms with Gasteiger partial charge in [-0.1, -0.05) is 121 Å². The first-order valence-electron chi connectivity index (χ1n) is 35.3. The van der Waals surface area contributed by atoms with E-state index in [1.54, 1.807) is 19.0 Å². The topological polar surface area (TPSA) is 288 Å². The van der Waals surface area contributed by atoms with Gasteiger partial charge in [0.25, 0.3) is 5.91 Å². The first kappa shape index (κ1) is 77.4. The molecular weight excluding hydrogens is 1270 g/mol. The number of halogens is 1. The van der Waals surface area contributed by atoms with Crippen LogP contribution in [0, 0.1) is 0 Å². The summed E-state index contributed by atoms with van der Waals surface area (Å²) in [5.41, 5.74) is 15.4. The minimum absolute atomic E-state index is 0.0263. The molecule has 1 aliphatic heterocycles. The van der Waals surface area contributed by atoms with Crippen LogP contribution in [0.25, 0.3) is 10.4 Å². The van der Waals surface area contributed by atoms with Gasteiger partial charge in [0, 0.05) is 105 Å². The Balaban J connectivity index is 1.03. The standard InChI is InChI=1S/C74H103FN10O12S/c1-8-10-12-14-17-21-25-65(86)78-53-30-35-58-61(47-53)74(39-38-68(89)83(6)41-43-95-45-46-96-44-42-84(7)71(91)64-50-56(81-82-76)51-85(64)70(90)52-28-33-57(34-29-52)98(75,93)94)62-48-54(79-66(87)26-22-18-15-13-11-9-2)31-36-59(62)69(58)60-37-32-55(49-63(60)74)80-67(88)27-23-19-16-20-24-40-77-72(92)97-73(3,4)5/h28-37,47-49,56,64,69H,8-27,38-46,50-51H2,1-7H3,(H,77,92)(H,78,86)(H,79,87)(H,80,88)/t56-,64-,69?,74?/m0/s1. The molecule has 22 nitrogen and oxygen atoms in total. The van der Waals surface area contributed by atoms with E-state index in [9.17, 15) is 45.9 Å². The van der Waals surface area contributed by atoms with Crippen molar-refractivity contribution >= 4 is 68.8 Å². The second-order valence-corrected chi connectivity index (χ2v) is 28.5. The number of nitrogens with one attached hydrogen (secondary N) is 4. The molecular formula is C74H103FN10O12S. The van der Waals surface area contributed by atoms with Crippen LogP contribution >= 0.6 is 0 Å². The van der Waals surface area contributed by atoms with E-state index in [0.29, 0.717) is 55.7 Å². The Labute approximate surface area is 578 Å². The van der Waals surface area contributed by atoms with Crippen molar-refractivity contribution in [2.24, 2.45) is 5.11 Å². The molecule has 4 aliphatic rings. The molecule has 1 heterocycles. The number of benzene rings is 4. The van der Waals surface area contributed by atoms with Crippen molar-refractivity contribution < 1.29 is 60.1 Å². The first-order chi connectivity index (χ1) is 47.0. The predicted octanol–water partition coefficient (Wildman–Crippen LogP) is 14.0. The number of anilines is 3. The van der Waals surface area contributed by atoms with Crippen LogP contribution < -0.4 is 21.3 Å². The van der Waals surface area contributed by atoms with E-state index in [4.69, 9.17) is 19.7 Å². The normalized spacial score (nSPS) is 16.6. The highest BCUT2D eigenvalue weighted by Gasteiger charge is 2.52. The second kappa shape index (κ2) is 37.9. The lowest BCUT2D eigenvalue weighted by Gasteiger charge is -2.51. The van der Waals surface area contributed by atoms with Gasteiger partial charge in [-0.25, -0.2) is 4.79 Å². The molecule has 2 atom stereocenters. The van der Waals surface area contributed by atoms with Crippen LogP contribution in [0.3, 0.4) is 0 Å². The number of hydrogen-bond acceptors (Lipinski definition) is 13. The maximum atomic E-state index is 14.7. The van der Waals surface area contributed by atoms with Gasteiger partial charge in [0.05, 0.1) is 37.4 Å². The number of likely N-dealkylation sites (tertiary alicyclic amines) is 1. The SMILES string of the molecule is CCCCCCCCC(=O)Nc1ccc2c(c1)C1(CCC(=O)N(C)CCOCCOCCN(C)C(=O)[C@@H]3C[C@H](N=[N+]=[N-])CN3C(=O)c3ccc(S(=O)(=O)F)cc3)c3cc(NC(=O)CCCCCCCC)ccc3C2c2ccc(NC(=O)CCCCCCCNC(=O)OC(C)(C)C)cc21. The van der Waals surface area contributed by atoms with E-state index in [1.165, 1.54) is 22.6 Å². The average molecular weight is 1380 g/mol. The molecule has 24 heteroatoms. The molecule has 1 saturated heterocycles. The number of unbranched alkanes of at least 4 members (excludes halogenated alkanes) is 14. The van der Waals surface area contributed by atoms with Crippen molar-refractivity contribution in [1.29, 1.82) is 0 Å². The Kier molecular flexibility index (Phi) is 29.9. The van der Waals surface area contributed by atoms with Gasteiger partial charge in [0.2, 0.25) is 29.5 Å². The van der Waals surface area contributed by atoms with Gasteiger partial charge >= 0.3 is 16.3 Å². The molecule has 0 radical (unpaired) electrons. The number of likely N-dealkylation sites (N-methyl/N-ethyl adjacent to an activating group) is 2. The molecule has 534 valence electrons. The van der Waals surface area contributed by atoms with Gasteiger partial charge in [-0.05, 0) is 159 Å². The van der Waals surface area contributed by atoms with E-state index < -0.39 is 56.1 Å². The van der Waals surface area contributed by atoms with Crippen LogP contribution in [0.1, 0.15) is 232 Å². The van der Waals surface area contributed by atoms with Crippen molar-refractivity contribution in [2.75, 3.05) is 82.7 Å². The number of azide groups is 1. The molecule has 2 bridgehead atoms. The third kappa shape index (κ3) is 22.3. The summed E-state index contributed by atoms with van der Waals surface area (Å²) in [6.45, 7) is 11.4. The molecule has 3 aliphatic carbocycles. The number of ether oxygens (including phenoxy) is 3. The predicted molar refractivity (Wildman–Crippen MR) is 377 cm³/mol. The number of carbonyl (C=O) groups excluding carboxylic acids is 7. The van der Waals surface area contributed by atoms with Crippen molar-refractivity contribution in [3.05, 3.63) is 128 Å². The molecule has 4 aromatic rings. The lowest BCUT2D eigenvalue weighted by atomic mass is 9.51. The molecule has 7 amide bonds. The van der Waals surface area contributed by atoms with Crippen LogP contribution in [-0.2, 0) is 53.8 Å². The molecule has 8 rings (SSSR count). The smallest absolute Gasteiger partial charge is 0.407 e. The van der Waals surface area contributed by atoms with Gasteiger partial charge in [0.15, 0.2) is 0 Å². The molecule has 98 heavy (non-hydrogen) atoms. The Morgan fingerprint density at radius 1 is 0.622 bits per heavy atom. The summed E-state index contributed by atoms with van der Waals surface area (Å²) < 4.78 is 53.4. The Morgan fingerprint density at radius 3 is 1.52 bits per heavy atom. The monoisotopic (exact) mass is 1370 g/mol. The molecule has 4 N–H and O–H groups in total. The van der Waals surface area contributed by atoms with Crippen LogP contribution in [-0.4, -0.2) is 149 Å². The molecule has 1 fully saturated rings. The van der Waals surface area contributed by atoms with Crippen LogP contribution in [0.2, 0.25) is 0 Å². The van der Waals surface area contributed by atoms with E-state index in [0.717, 1.165) is 148 Å². The minimum Gasteiger partial charge on any atom is -0.444 e. The van der Waals surface area contributed by atoms with Crippen LogP contribution in [0.4, 0.5) is 25.7 Å². The van der Waals surface area contributed by atoms with Crippen LogP contribution in [0.15, 0.2) is 88.9 Å². The van der Waals surface area contributed by atoms with Crippen molar-refractivity contribution in [3.63, 3.8) is 0 Å². The molecule has 0 spiro atoms. The van der Waals surface area contributed by atoms with E-state index >= 15 is 0 Å². The Bertz CT molecular complexity index is 3460. The van der Waals surface area contributed by atoms with E-state index in [-0.39, 0.29) is 94.0 Å². The molecule has 0 aromatic heterocycles. The number of rotatable bonds is 41. The van der Waals surface area contributed by atoms with Gasteiger partial charge < -0.3 is 50.2 Å². The lowest BCUT2D eigenvalue weighted by Crippen LogP contribution is -2.47. The fraction of sp³-hybridized carbons (Fsp3) is 0.581. The van der Waals surface area contributed by atoms with Crippen molar-refractivity contribution in [2.45, 2.75) is 216 Å². The zero-order valence-corrected chi connectivity index (χ0v) is 59.3. The van der Waals surface area contributed by atoms with E-state index in [2.05, 4.69) is 75.5 Å². The fourth-order valence-corrected chi connectivity index (χ4v) is 13.9. The van der Waals surface area contributed by atoms with Gasteiger partial charge in [0.1, 0.15) is 11.6 Å². The van der Waals surface area contributed by atoms with Gasteiger partial charge in [-0.15, -0.1) is 3.89 Å². The van der Waals surface area contributed by atoms with Gasteiger partial charge in [-0.2, -0.15) is 8.42 Å². The summed E-state index contributed by atoms with van der Waals surface area (Å²) in [7, 11) is -1.71. The summed E-state index contributed by atoms with van der Waals surface area (Å²) in [4.78, 5) is 102. The quantitative estimate of drug-likeness (QED) is 0.0106. The largest absolute Gasteiger partial charge is 0.444 e. The third-order valence-electron chi connectivity index (χ3n) is 18.5. The highest BCUT2D eigenvalue weighted by atomic mass is 32.3. The van der Waals surface area contributed by atoms with Crippen molar-refractivity contribution in [1.82, 2.24) is 20.0 Å². The van der Waals surface area contributed by atoms with Crippen molar-refractivity contribution in [3.8, 4) is 0 Å². The summed E-state index contributed by atoms with van der Waals surface area (Å²) in [5.74, 6) is -1.69. The van der Waals surface area contributed by atoms with Gasteiger partial charge in [-0.3, -0.25) is 28.8 Å². The zero-order chi connectivity index (χ0) is 70.8. The minimum atomic E-state index is -5.00. The maximum absolute atomic E-state index is 14.7. The number of alkyl carbamates (subject to hydrolysis) is 1. The number of hydrogen-bond donors (Lipinski definition) is 4. The number of nitrogens with zero attached hydrogens (tertiary/aromatic N) is 6. The molecule has 4 aromatic carbocycles. The lowest BCUT2D eigenvalue weighted by molar-refractivity contribution is -0.135. The number of amides is 7. The highest BCUT2D eigenvalue weighted by molar-refractivity contribution is 7.86. The summed E-state index contributed by atoms with van der Waals surface area (Å²) >= 11 is 0. The Morgan fingerprint density at radius 2 is 1.07 bits per heavy atom. The molecule has 0 saturated carbocycles. The summed E-state index contributed by atoms with van der Waals surface area (Å²) in [6.07, 6.45) is 17.8. The zero-order valence-electron chi connectivity index (χ0n) is 58.5. The second-order valence-electron chi connectivity index (χ2n) is 27.2. The number of carbonyl (C=O) groups is 7. The summed E-state index contributed by atoms with van der Waals surface area (Å²) in [5, 5.41) is 16.2. The highest BCUT2D eigenvalue weighted by Crippen LogP contribution is 2.62. The fourth-order valence-electron chi connectivity index (χ4n) is 13.4. The Hall–Kier alpha value is -7.92. The first-order valence-corrected chi connectivity index (χ1v) is 36.7. The summed E-state index contributed by atoms with van der Waals surface area (Å²) in [6, 6.07) is 20.9. The maximum Gasteiger partial charge on any atom is 0.407 e. The average Bonchev–Trinajstić information content (AvgIpc) is 0.746. The third-order valence-corrected chi connectivity index (χ3v) is 19.4. The van der Waals surface area contributed by atoms with E-state index in [1.807, 2.05) is 45.0 Å². The van der Waals surface area contributed by atoms with Crippen LogP contribution in [0.5, 0.6) is 0 Å².